The first-order chi connectivity index (χ1) is 6.85. The summed E-state index contributed by atoms with van der Waals surface area (Å²) in [6.07, 6.45) is 1.34. The molecule has 0 saturated heterocycles. The van der Waals surface area contributed by atoms with Crippen LogP contribution in [-0.2, 0) is 9.59 Å². The molecule has 82 valence electrons. The molecule has 0 atom stereocenters. The second-order valence-electron chi connectivity index (χ2n) is 2.77. The van der Waals surface area contributed by atoms with Crippen molar-refractivity contribution in [2.75, 3.05) is 39.3 Å². The lowest BCUT2D eigenvalue weighted by atomic mass is 10.4. The Hall–Kier alpha value is -1.14. The lowest BCUT2D eigenvalue weighted by Crippen LogP contribution is -2.39. The molecule has 0 unspecified atom stereocenters. The van der Waals surface area contributed by atoms with Gasteiger partial charge in [-0.3, -0.25) is 14.5 Å². The second-order valence-corrected chi connectivity index (χ2v) is 2.77. The lowest BCUT2D eigenvalue weighted by molar-refractivity contribution is -0.110. The largest absolute Gasteiger partial charge is 0.357 e. The third-order valence-electron chi connectivity index (χ3n) is 1.76. The van der Waals surface area contributed by atoms with Crippen molar-refractivity contribution in [3.8, 4) is 0 Å². The van der Waals surface area contributed by atoms with E-state index in [1.807, 2.05) is 0 Å². The van der Waals surface area contributed by atoms with Crippen molar-refractivity contribution in [1.82, 2.24) is 15.5 Å². The molecule has 6 heteroatoms. The highest BCUT2D eigenvalue weighted by Crippen LogP contribution is 1.83. The standard InChI is InChI=1S/C8H18N4O2/c9-1-4-12(5-2-10-7-13)6-3-11-8-14/h7-8H,1-6,9H2,(H,10,13)(H,11,14). The Morgan fingerprint density at radius 1 is 1.00 bits per heavy atom. The molecule has 0 aliphatic heterocycles. The van der Waals surface area contributed by atoms with E-state index in [0.29, 0.717) is 32.5 Å². The minimum absolute atomic E-state index is 0.572. The highest BCUT2D eigenvalue weighted by Gasteiger charge is 2.01. The van der Waals surface area contributed by atoms with Gasteiger partial charge in [-0.15, -0.1) is 0 Å². The molecular formula is C8H18N4O2. The van der Waals surface area contributed by atoms with E-state index < -0.39 is 0 Å². The Bertz CT molecular complexity index is 140. The molecule has 0 fully saturated rings. The molecule has 0 aromatic heterocycles. The van der Waals surface area contributed by atoms with Crippen LogP contribution >= 0.6 is 0 Å². The van der Waals surface area contributed by atoms with E-state index in [4.69, 9.17) is 5.73 Å². The molecule has 0 heterocycles. The van der Waals surface area contributed by atoms with Crippen LogP contribution in [0.15, 0.2) is 0 Å². The van der Waals surface area contributed by atoms with Crippen molar-refractivity contribution < 1.29 is 9.59 Å². The minimum atomic E-state index is 0.572. The maximum atomic E-state index is 9.99. The first kappa shape index (κ1) is 12.9. The minimum Gasteiger partial charge on any atom is -0.357 e. The smallest absolute Gasteiger partial charge is 0.207 e. The number of amides is 2. The van der Waals surface area contributed by atoms with Crippen LogP contribution < -0.4 is 16.4 Å². The molecule has 0 spiro atoms. The van der Waals surface area contributed by atoms with Crippen LogP contribution in [0.5, 0.6) is 0 Å². The summed E-state index contributed by atoms with van der Waals surface area (Å²) in [6.45, 7) is 4.03. The van der Waals surface area contributed by atoms with Crippen molar-refractivity contribution in [2.24, 2.45) is 5.73 Å². The SMILES string of the molecule is NCCN(CCNC=O)CCNC=O. The maximum Gasteiger partial charge on any atom is 0.207 e. The molecule has 0 aromatic rings. The second kappa shape index (κ2) is 9.94. The number of hydrogen-bond donors (Lipinski definition) is 3. The summed E-state index contributed by atoms with van der Waals surface area (Å²) in [5.41, 5.74) is 5.42. The average molecular weight is 202 g/mol. The summed E-state index contributed by atoms with van der Waals surface area (Å²) in [6, 6.07) is 0. The fourth-order valence-corrected chi connectivity index (χ4v) is 1.08. The monoisotopic (exact) mass is 202 g/mol. The summed E-state index contributed by atoms with van der Waals surface area (Å²) in [4.78, 5) is 22.1. The number of nitrogens with one attached hydrogen (secondary N) is 2. The topological polar surface area (TPSA) is 87.5 Å². The van der Waals surface area contributed by atoms with Crippen molar-refractivity contribution >= 4 is 12.8 Å². The maximum absolute atomic E-state index is 9.99. The van der Waals surface area contributed by atoms with Crippen LogP contribution in [0.3, 0.4) is 0 Å². The van der Waals surface area contributed by atoms with Crippen molar-refractivity contribution in [1.29, 1.82) is 0 Å². The average Bonchev–Trinajstić information content (AvgIpc) is 2.18. The van der Waals surface area contributed by atoms with Gasteiger partial charge in [0.05, 0.1) is 0 Å². The van der Waals surface area contributed by atoms with E-state index >= 15 is 0 Å². The number of nitrogens with zero attached hydrogens (tertiary/aromatic N) is 1. The molecule has 0 aliphatic rings. The third kappa shape index (κ3) is 7.51. The van der Waals surface area contributed by atoms with Crippen molar-refractivity contribution in [3.05, 3.63) is 0 Å². The summed E-state index contributed by atoms with van der Waals surface area (Å²) < 4.78 is 0. The Morgan fingerprint density at radius 2 is 1.50 bits per heavy atom. The molecule has 0 bridgehead atoms. The fraction of sp³-hybridized carbons (Fsp3) is 0.750. The van der Waals surface area contributed by atoms with Crippen LogP contribution in [0.2, 0.25) is 0 Å². The summed E-state index contributed by atoms with van der Waals surface area (Å²) >= 11 is 0. The van der Waals surface area contributed by atoms with Gasteiger partial charge in [-0.2, -0.15) is 0 Å². The normalized spacial score (nSPS) is 9.86. The van der Waals surface area contributed by atoms with E-state index in [9.17, 15) is 9.59 Å². The molecule has 0 aromatic carbocycles. The highest BCUT2D eigenvalue weighted by atomic mass is 16.1. The van der Waals surface area contributed by atoms with Gasteiger partial charge in [0.15, 0.2) is 0 Å². The summed E-state index contributed by atoms with van der Waals surface area (Å²) in [7, 11) is 0. The van der Waals surface area contributed by atoms with Gasteiger partial charge in [0.1, 0.15) is 0 Å². The Balaban J connectivity index is 3.53. The van der Waals surface area contributed by atoms with Crippen LogP contribution in [-0.4, -0.2) is 57.0 Å². The van der Waals surface area contributed by atoms with Gasteiger partial charge in [0.2, 0.25) is 12.8 Å². The highest BCUT2D eigenvalue weighted by molar-refractivity contribution is 5.46. The Labute approximate surface area is 83.8 Å². The van der Waals surface area contributed by atoms with Crippen LogP contribution in [0, 0.1) is 0 Å². The first-order valence-electron chi connectivity index (χ1n) is 4.61. The fourth-order valence-electron chi connectivity index (χ4n) is 1.08. The zero-order valence-electron chi connectivity index (χ0n) is 8.24. The van der Waals surface area contributed by atoms with Crippen LogP contribution in [0.1, 0.15) is 0 Å². The predicted octanol–water partition coefficient (Wildman–Crippen LogP) is -2.26. The van der Waals surface area contributed by atoms with Crippen molar-refractivity contribution in [3.63, 3.8) is 0 Å². The van der Waals surface area contributed by atoms with Gasteiger partial charge >= 0.3 is 0 Å². The number of carbonyl (C=O) groups excluding carboxylic acids is 2. The number of hydrogen-bond acceptors (Lipinski definition) is 4. The lowest BCUT2D eigenvalue weighted by Gasteiger charge is -2.20. The molecule has 6 nitrogen and oxygen atoms in total. The van der Waals surface area contributed by atoms with Gasteiger partial charge in [-0.1, -0.05) is 0 Å². The summed E-state index contributed by atoms with van der Waals surface area (Å²) in [5, 5.41) is 5.15. The molecule has 2 amide bonds. The van der Waals surface area contributed by atoms with E-state index in [2.05, 4.69) is 15.5 Å². The number of carbonyl (C=O) groups is 2. The number of rotatable bonds is 10. The van der Waals surface area contributed by atoms with Gasteiger partial charge in [0.25, 0.3) is 0 Å². The van der Waals surface area contributed by atoms with Gasteiger partial charge in [-0.25, -0.2) is 0 Å². The zero-order valence-corrected chi connectivity index (χ0v) is 8.24. The zero-order chi connectivity index (χ0) is 10.6. The van der Waals surface area contributed by atoms with Gasteiger partial charge < -0.3 is 16.4 Å². The van der Waals surface area contributed by atoms with E-state index in [0.717, 1.165) is 19.6 Å². The quantitative estimate of drug-likeness (QED) is 0.275. The predicted molar refractivity (Wildman–Crippen MR) is 53.6 cm³/mol. The first-order valence-corrected chi connectivity index (χ1v) is 4.61. The van der Waals surface area contributed by atoms with Crippen LogP contribution in [0.25, 0.3) is 0 Å². The Morgan fingerprint density at radius 3 is 1.86 bits per heavy atom. The molecule has 0 aliphatic carbocycles. The molecule has 4 N–H and O–H groups in total. The van der Waals surface area contributed by atoms with E-state index in [1.54, 1.807) is 0 Å². The molecular weight excluding hydrogens is 184 g/mol. The van der Waals surface area contributed by atoms with Crippen LogP contribution in [0.4, 0.5) is 0 Å². The van der Waals surface area contributed by atoms with E-state index in [-0.39, 0.29) is 0 Å². The van der Waals surface area contributed by atoms with Gasteiger partial charge in [-0.05, 0) is 0 Å². The Kier molecular flexibility index (Phi) is 9.13. The summed E-state index contributed by atoms with van der Waals surface area (Å²) in [5.74, 6) is 0. The van der Waals surface area contributed by atoms with E-state index in [1.165, 1.54) is 0 Å². The molecule has 0 radical (unpaired) electrons. The molecule has 0 saturated carbocycles. The third-order valence-corrected chi connectivity index (χ3v) is 1.76. The van der Waals surface area contributed by atoms with Gasteiger partial charge in [0, 0.05) is 39.3 Å². The molecule has 14 heavy (non-hydrogen) atoms. The number of nitrogens with two attached hydrogens (primary N) is 1. The van der Waals surface area contributed by atoms with Crippen molar-refractivity contribution in [2.45, 2.75) is 0 Å². The molecule has 0 rings (SSSR count).